The zero-order valence-electron chi connectivity index (χ0n) is 13.5. The molecule has 3 rings (SSSR count). The van der Waals surface area contributed by atoms with E-state index in [0.717, 1.165) is 12.8 Å². The predicted octanol–water partition coefficient (Wildman–Crippen LogP) is 3.52. The van der Waals surface area contributed by atoms with E-state index in [0.29, 0.717) is 40.4 Å². The highest BCUT2D eigenvalue weighted by molar-refractivity contribution is 6.04. The van der Waals surface area contributed by atoms with E-state index in [1.165, 1.54) is 6.42 Å². The van der Waals surface area contributed by atoms with Crippen molar-refractivity contribution >= 4 is 11.6 Å². The van der Waals surface area contributed by atoms with Gasteiger partial charge in [-0.3, -0.25) is 4.79 Å². The van der Waals surface area contributed by atoms with Gasteiger partial charge in [-0.1, -0.05) is 6.42 Å². The van der Waals surface area contributed by atoms with Crippen molar-refractivity contribution in [2.75, 3.05) is 19.5 Å². The summed E-state index contributed by atoms with van der Waals surface area (Å²) in [5.74, 6) is 2.42. The summed E-state index contributed by atoms with van der Waals surface area (Å²) in [6.07, 6.45) is 3.34. The van der Waals surface area contributed by atoms with Gasteiger partial charge in [-0.2, -0.15) is 0 Å². The molecule has 0 unspecified atom stereocenters. The van der Waals surface area contributed by atoms with Gasteiger partial charge in [0, 0.05) is 12.0 Å². The van der Waals surface area contributed by atoms with E-state index in [2.05, 4.69) is 10.3 Å². The molecule has 1 heterocycles. The first-order valence-electron chi connectivity index (χ1n) is 7.63. The van der Waals surface area contributed by atoms with Crippen LogP contribution in [0.5, 0.6) is 11.5 Å². The summed E-state index contributed by atoms with van der Waals surface area (Å²) in [4.78, 5) is 16.9. The molecule has 1 aromatic heterocycles. The Morgan fingerprint density at radius 1 is 1.30 bits per heavy atom. The van der Waals surface area contributed by atoms with Crippen LogP contribution in [0, 0.1) is 6.92 Å². The number of amides is 1. The number of aromatic nitrogens is 1. The Labute approximate surface area is 134 Å². The van der Waals surface area contributed by atoms with Crippen molar-refractivity contribution in [1.82, 2.24) is 4.98 Å². The number of carbonyl (C=O) groups is 1. The molecule has 1 aliphatic carbocycles. The van der Waals surface area contributed by atoms with E-state index in [4.69, 9.17) is 13.9 Å². The average Bonchev–Trinajstić information content (AvgIpc) is 2.86. The van der Waals surface area contributed by atoms with Gasteiger partial charge >= 0.3 is 0 Å². The first-order chi connectivity index (χ1) is 11.1. The Hall–Kier alpha value is -2.50. The number of nitrogens with zero attached hydrogens (tertiary/aromatic N) is 1. The molecule has 1 aliphatic rings. The van der Waals surface area contributed by atoms with Gasteiger partial charge < -0.3 is 19.2 Å². The van der Waals surface area contributed by atoms with Crippen molar-refractivity contribution in [3.63, 3.8) is 0 Å². The molecule has 1 aromatic carbocycles. The lowest BCUT2D eigenvalue weighted by molar-refractivity contribution is 0.102. The molecular formula is C17H20N2O4. The maximum absolute atomic E-state index is 12.5. The van der Waals surface area contributed by atoms with Crippen LogP contribution in [0.25, 0.3) is 0 Å². The number of rotatable bonds is 5. The summed E-state index contributed by atoms with van der Waals surface area (Å²) < 4.78 is 16.1. The van der Waals surface area contributed by atoms with Gasteiger partial charge in [-0.25, -0.2) is 4.98 Å². The predicted molar refractivity (Wildman–Crippen MR) is 85.3 cm³/mol. The summed E-state index contributed by atoms with van der Waals surface area (Å²) >= 11 is 0. The molecule has 122 valence electrons. The van der Waals surface area contributed by atoms with Crippen molar-refractivity contribution in [3.05, 3.63) is 35.5 Å². The van der Waals surface area contributed by atoms with Crippen LogP contribution in [-0.4, -0.2) is 25.1 Å². The number of hydrogen-bond donors (Lipinski definition) is 1. The Balaban J connectivity index is 1.82. The Kier molecular flexibility index (Phi) is 4.23. The van der Waals surface area contributed by atoms with E-state index in [-0.39, 0.29) is 5.91 Å². The summed E-state index contributed by atoms with van der Waals surface area (Å²) in [7, 11) is 3.12. The summed E-state index contributed by atoms with van der Waals surface area (Å²) in [5, 5.41) is 2.82. The molecule has 1 amide bonds. The minimum Gasteiger partial charge on any atom is -0.497 e. The second kappa shape index (κ2) is 6.32. The fraction of sp³-hybridized carbons (Fsp3) is 0.412. The second-order valence-electron chi connectivity index (χ2n) is 5.61. The first kappa shape index (κ1) is 15.4. The van der Waals surface area contributed by atoms with Crippen molar-refractivity contribution in [1.29, 1.82) is 0 Å². The van der Waals surface area contributed by atoms with Crippen LogP contribution in [0.3, 0.4) is 0 Å². The molecule has 6 nitrogen and oxygen atoms in total. The molecule has 6 heteroatoms. The van der Waals surface area contributed by atoms with Crippen LogP contribution in [0.1, 0.15) is 47.3 Å². The Morgan fingerprint density at radius 3 is 2.70 bits per heavy atom. The lowest BCUT2D eigenvalue weighted by Crippen LogP contribution is -2.15. The normalized spacial score (nSPS) is 14.2. The third-order valence-electron chi connectivity index (χ3n) is 4.14. The second-order valence-corrected chi connectivity index (χ2v) is 5.61. The number of oxazole rings is 1. The van der Waals surface area contributed by atoms with E-state index >= 15 is 0 Å². The highest BCUT2D eigenvalue weighted by atomic mass is 16.5. The Morgan fingerprint density at radius 2 is 2.09 bits per heavy atom. The molecular weight excluding hydrogens is 296 g/mol. The zero-order chi connectivity index (χ0) is 16.4. The van der Waals surface area contributed by atoms with Gasteiger partial charge in [0.05, 0.1) is 19.9 Å². The summed E-state index contributed by atoms with van der Waals surface area (Å²) in [6.45, 7) is 1.76. The standard InChI is InChI=1S/C17H20N2O4/c1-10-15(19-17(23-10)11-5-4-6-11)16(20)18-13-9-12(21-2)7-8-14(13)22-3/h7-9,11H,4-6H2,1-3H3,(H,18,20). The number of ether oxygens (including phenoxy) is 2. The zero-order valence-corrected chi connectivity index (χ0v) is 13.5. The third kappa shape index (κ3) is 3.02. The number of carbonyl (C=O) groups excluding carboxylic acids is 1. The van der Waals surface area contributed by atoms with Gasteiger partial charge in [-0.15, -0.1) is 0 Å². The summed E-state index contributed by atoms with van der Waals surface area (Å²) in [6, 6.07) is 5.22. The quantitative estimate of drug-likeness (QED) is 0.913. The van der Waals surface area contributed by atoms with Crippen LogP contribution in [0.4, 0.5) is 5.69 Å². The van der Waals surface area contributed by atoms with Gasteiger partial charge in [0.15, 0.2) is 11.6 Å². The fourth-order valence-electron chi connectivity index (χ4n) is 2.55. The molecule has 1 N–H and O–H groups in total. The summed E-state index contributed by atoms with van der Waals surface area (Å²) in [5.41, 5.74) is 0.848. The van der Waals surface area contributed by atoms with Gasteiger partial charge in [0.1, 0.15) is 17.3 Å². The molecule has 23 heavy (non-hydrogen) atoms. The number of nitrogens with one attached hydrogen (secondary N) is 1. The number of anilines is 1. The Bertz CT molecular complexity index is 719. The van der Waals surface area contributed by atoms with E-state index in [1.54, 1.807) is 39.3 Å². The lowest BCUT2D eigenvalue weighted by atomic mass is 9.85. The van der Waals surface area contributed by atoms with Crippen molar-refractivity contribution < 1.29 is 18.7 Å². The number of methoxy groups -OCH3 is 2. The third-order valence-corrected chi connectivity index (χ3v) is 4.14. The molecule has 0 radical (unpaired) electrons. The molecule has 1 saturated carbocycles. The van der Waals surface area contributed by atoms with E-state index in [9.17, 15) is 4.79 Å². The van der Waals surface area contributed by atoms with Gasteiger partial charge in [0.25, 0.3) is 5.91 Å². The topological polar surface area (TPSA) is 73.6 Å². The smallest absolute Gasteiger partial charge is 0.278 e. The van der Waals surface area contributed by atoms with Crippen LogP contribution in [-0.2, 0) is 0 Å². The van der Waals surface area contributed by atoms with Crippen molar-refractivity contribution in [3.8, 4) is 11.5 Å². The number of aryl methyl sites for hydroxylation is 1. The number of hydrogen-bond acceptors (Lipinski definition) is 5. The minimum absolute atomic E-state index is 0.316. The molecule has 0 spiro atoms. The minimum atomic E-state index is -0.316. The molecule has 2 aromatic rings. The van der Waals surface area contributed by atoms with Crippen LogP contribution >= 0.6 is 0 Å². The molecule has 0 atom stereocenters. The highest BCUT2D eigenvalue weighted by Gasteiger charge is 2.27. The van der Waals surface area contributed by atoms with E-state index in [1.807, 2.05) is 0 Å². The highest BCUT2D eigenvalue weighted by Crippen LogP contribution is 2.36. The van der Waals surface area contributed by atoms with Crippen LogP contribution in [0.2, 0.25) is 0 Å². The van der Waals surface area contributed by atoms with Gasteiger partial charge in [-0.05, 0) is 31.9 Å². The van der Waals surface area contributed by atoms with Crippen molar-refractivity contribution in [2.45, 2.75) is 32.1 Å². The van der Waals surface area contributed by atoms with Crippen LogP contribution < -0.4 is 14.8 Å². The lowest BCUT2D eigenvalue weighted by Gasteiger charge is -2.21. The first-order valence-corrected chi connectivity index (χ1v) is 7.63. The van der Waals surface area contributed by atoms with E-state index < -0.39 is 0 Å². The average molecular weight is 316 g/mol. The fourth-order valence-corrected chi connectivity index (χ4v) is 2.55. The number of benzene rings is 1. The molecule has 1 fully saturated rings. The maximum Gasteiger partial charge on any atom is 0.278 e. The van der Waals surface area contributed by atoms with Crippen LogP contribution in [0.15, 0.2) is 22.6 Å². The maximum atomic E-state index is 12.5. The monoisotopic (exact) mass is 316 g/mol. The molecule has 0 bridgehead atoms. The van der Waals surface area contributed by atoms with Gasteiger partial charge in [0.2, 0.25) is 0 Å². The SMILES string of the molecule is COc1ccc(OC)c(NC(=O)c2nc(C3CCC3)oc2C)c1. The molecule has 0 aliphatic heterocycles. The molecule has 0 saturated heterocycles. The van der Waals surface area contributed by atoms with Crippen molar-refractivity contribution in [2.24, 2.45) is 0 Å². The largest absolute Gasteiger partial charge is 0.497 e.